The number of amides is 1. The summed E-state index contributed by atoms with van der Waals surface area (Å²) in [5.74, 6) is 0.107. The Kier molecular flexibility index (Phi) is 5.25. The second kappa shape index (κ2) is 6.77. The molecule has 1 fully saturated rings. The van der Waals surface area contributed by atoms with E-state index >= 15 is 0 Å². The van der Waals surface area contributed by atoms with Crippen LogP contribution in [-0.4, -0.2) is 37.6 Å². The third kappa shape index (κ3) is 3.39. The van der Waals surface area contributed by atoms with Gasteiger partial charge in [-0.05, 0) is 37.5 Å². The fourth-order valence-corrected chi connectivity index (χ4v) is 2.91. The highest BCUT2D eigenvalue weighted by Crippen LogP contribution is 2.34. The molecule has 1 heterocycles. The molecule has 0 bridgehead atoms. The van der Waals surface area contributed by atoms with Crippen LogP contribution in [0.4, 0.5) is 0 Å². The molecule has 1 aromatic carbocycles. The molecule has 21 heavy (non-hydrogen) atoms. The molecule has 116 valence electrons. The van der Waals surface area contributed by atoms with Gasteiger partial charge in [-0.25, -0.2) is 0 Å². The minimum atomic E-state index is -0.478. The van der Waals surface area contributed by atoms with Crippen LogP contribution in [0, 0.1) is 5.41 Å². The zero-order valence-corrected chi connectivity index (χ0v) is 13.4. The first-order valence-corrected chi connectivity index (χ1v) is 7.68. The van der Waals surface area contributed by atoms with Crippen LogP contribution in [0.2, 0.25) is 5.02 Å². The molecular weight excluding hydrogens is 288 g/mol. The first kappa shape index (κ1) is 16.3. The number of nitrogens with zero attached hydrogens (tertiary/aromatic N) is 1. The van der Waals surface area contributed by atoms with Crippen molar-refractivity contribution in [1.29, 1.82) is 0 Å². The van der Waals surface area contributed by atoms with Crippen molar-refractivity contribution in [3.8, 4) is 0 Å². The van der Waals surface area contributed by atoms with Gasteiger partial charge in [-0.15, -0.1) is 0 Å². The van der Waals surface area contributed by atoms with Crippen LogP contribution in [0.25, 0.3) is 0 Å². The predicted molar refractivity (Wildman–Crippen MR) is 84.2 cm³/mol. The van der Waals surface area contributed by atoms with E-state index in [0.717, 1.165) is 5.56 Å². The number of benzene rings is 1. The molecule has 1 aliphatic rings. The van der Waals surface area contributed by atoms with Crippen LogP contribution in [0.3, 0.4) is 0 Å². The van der Waals surface area contributed by atoms with E-state index in [2.05, 4.69) is 0 Å². The van der Waals surface area contributed by atoms with E-state index in [1.165, 1.54) is 0 Å². The summed E-state index contributed by atoms with van der Waals surface area (Å²) >= 11 is 5.91. The fraction of sp³-hybridized carbons (Fsp3) is 0.562. The van der Waals surface area contributed by atoms with Gasteiger partial charge in [0, 0.05) is 31.8 Å². The standard InChI is InChI=1S/C16H23ClN2O2/c1-12(13-3-5-14(17)6-4-13)19(2)15(20)16(11-18)7-9-21-10-8-16/h3-6,12H,7-11,18H2,1-2H3. The average Bonchev–Trinajstić information content (AvgIpc) is 2.54. The number of carbonyl (C=O) groups excluding carboxylic acids is 1. The highest BCUT2D eigenvalue weighted by atomic mass is 35.5. The molecule has 0 aliphatic carbocycles. The first-order valence-electron chi connectivity index (χ1n) is 7.31. The van der Waals surface area contributed by atoms with E-state index in [1.54, 1.807) is 4.90 Å². The Bertz CT molecular complexity index is 484. The second-order valence-corrected chi connectivity index (χ2v) is 6.18. The predicted octanol–water partition coefficient (Wildman–Crippen LogP) is 2.61. The number of ether oxygens (including phenoxy) is 1. The Morgan fingerprint density at radius 2 is 1.95 bits per heavy atom. The summed E-state index contributed by atoms with van der Waals surface area (Å²) < 4.78 is 5.37. The van der Waals surface area contributed by atoms with Crippen LogP contribution in [0.5, 0.6) is 0 Å². The molecule has 1 saturated heterocycles. The molecule has 1 aromatic rings. The molecule has 5 heteroatoms. The zero-order chi connectivity index (χ0) is 15.5. The molecule has 0 spiro atoms. The molecular formula is C16H23ClN2O2. The number of carbonyl (C=O) groups is 1. The van der Waals surface area contributed by atoms with E-state index in [1.807, 2.05) is 38.2 Å². The minimum Gasteiger partial charge on any atom is -0.381 e. The molecule has 1 atom stereocenters. The molecule has 2 N–H and O–H groups in total. The maximum Gasteiger partial charge on any atom is 0.230 e. The molecule has 1 unspecified atom stereocenters. The van der Waals surface area contributed by atoms with Crippen molar-refractivity contribution in [3.63, 3.8) is 0 Å². The van der Waals surface area contributed by atoms with E-state index < -0.39 is 5.41 Å². The lowest BCUT2D eigenvalue weighted by Gasteiger charge is -2.39. The minimum absolute atomic E-state index is 0.0129. The van der Waals surface area contributed by atoms with Gasteiger partial charge in [-0.3, -0.25) is 4.79 Å². The SMILES string of the molecule is CC(c1ccc(Cl)cc1)N(C)C(=O)C1(CN)CCOCC1. The largest absolute Gasteiger partial charge is 0.381 e. The molecule has 1 aliphatic heterocycles. The van der Waals surface area contributed by atoms with Gasteiger partial charge in [0.25, 0.3) is 0 Å². The van der Waals surface area contributed by atoms with E-state index in [-0.39, 0.29) is 11.9 Å². The van der Waals surface area contributed by atoms with Crippen molar-refractivity contribution in [3.05, 3.63) is 34.9 Å². The molecule has 0 saturated carbocycles. The van der Waals surface area contributed by atoms with Crippen LogP contribution in [-0.2, 0) is 9.53 Å². The Balaban J connectivity index is 2.15. The number of hydrogen-bond donors (Lipinski definition) is 1. The van der Waals surface area contributed by atoms with Crippen LogP contribution >= 0.6 is 11.6 Å². The third-order valence-corrected chi connectivity index (χ3v) is 4.80. The molecule has 4 nitrogen and oxygen atoms in total. The average molecular weight is 311 g/mol. The highest BCUT2D eigenvalue weighted by molar-refractivity contribution is 6.30. The van der Waals surface area contributed by atoms with Crippen molar-refractivity contribution >= 4 is 17.5 Å². The molecule has 2 rings (SSSR count). The Morgan fingerprint density at radius 1 is 1.38 bits per heavy atom. The van der Waals surface area contributed by atoms with E-state index in [0.29, 0.717) is 37.6 Å². The number of halogens is 1. The number of rotatable bonds is 4. The maximum absolute atomic E-state index is 12.9. The summed E-state index contributed by atoms with van der Waals surface area (Å²) in [6.07, 6.45) is 1.39. The summed E-state index contributed by atoms with van der Waals surface area (Å²) in [7, 11) is 1.84. The summed E-state index contributed by atoms with van der Waals surface area (Å²) in [4.78, 5) is 14.7. The van der Waals surface area contributed by atoms with Crippen molar-refractivity contribution in [2.45, 2.75) is 25.8 Å². The van der Waals surface area contributed by atoms with Crippen molar-refractivity contribution in [1.82, 2.24) is 4.90 Å². The van der Waals surface area contributed by atoms with Gasteiger partial charge in [0.05, 0.1) is 11.5 Å². The van der Waals surface area contributed by atoms with Gasteiger partial charge in [-0.1, -0.05) is 23.7 Å². The van der Waals surface area contributed by atoms with E-state index in [4.69, 9.17) is 22.1 Å². The first-order chi connectivity index (χ1) is 10.00. The van der Waals surface area contributed by atoms with Gasteiger partial charge < -0.3 is 15.4 Å². The van der Waals surface area contributed by atoms with Crippen molar-refractivity contribution in [2.75, 3.05) is 26.8 Å². The van der Waals surface area contributed by atoms with Crippen LogP contribution in [0.1, 0.15) is 31.4 Å². The van der Waals surface area contributed by atoms with Crippen LogP contribution in [0.15, 0.2) is 24.3 Å². The molecule has 0 radical (unpaired) electrons. The fourth-order valence-electron chi connectivity index (χ4n) is 2.78. The van der Waals surface area contributed by atoms with Gasteiger partial charge in [0.2, 0.25) is 5.91 Å². The van der Waals surface area contributed by atoms with E-state index in [9.17, 15) is 4.79 Å². The zero-order valence-electron chi connectivity index (χ0n) is 12.6. The Hall–Kier alpha value is -1.10. The van der Waals surface area contributed by atoms with Gasteiger partial charge >= 0.3 is 0 Å². The van der Waals surface area contributed by atoms with Gasteiger partial charge in [0.15, 0.2) is 0 Å². The lowest BCUT2D eigenvalue weighted by Crippen LogP contribution is -2.50. The molecule has 0 aromatic heterocycles. The topological polar surface area (TPSA) is 55.6 Å². The summed E-state index contributed by atoms with van der Waals surface area (Å²) in [5, 5.41) is 0.697. The van der Waals surface area contributed by atoms with Gasteiger partial charge in [0.1, 0.15) is 0 Å². The van der Waals surface area contributed by atoms with Crippen LogP contribution < -0.4 is 5.73 Å². The lowest BCUT2D eigenvalue weighted by molar-refractivity contribution is -0.147. The Morgan fingerprint density at radius 3 is 2.48 bits per heavy atom. The quantitative estimate of drug-likeness (QED) is 0.930. The summed E-state index contributed by atoms with van der Waals surface area (Å²) in [6.45, 7) is 3.59. The third-order valence-electron chi connectivity index (χ3n) is 4.55. The highest BCUT2D eigenvalue weighted by Gasteiger charge is 2.41. The van der Waals surface area contributed by atoms with Crippen molar-refractivity contribution in [2.24, 2.45) is 11.1 Å². The Labute approximate surface area is 131 Å². The van der Waals surface area contributed by atoms with Gasteiger partial charge in [-0.2, -0.15) is 0 Å². The second-order valence-electron chi connectivity index (χ2n) is 5.74. The monoisotopic (exact) mass is 310 g/mol. The number of nitrogens with two attached hydrogens (primary N) is 1. The normalized spacial score (nSPS) is 19.0. The number of hydrogen-bond acceptors (Lipinski definition) is 3. The lowest BCUT2D eigenvalue weighted by atomic mass is 9.78. The summed E-state index contributed by atoms with van der Waals surface area (Å²) in [5.41, 5.74) is 6.50. The maximum atomic E-state index is 12.9. The molecule has 1 amide bonds. The van der Waals surface area contributed by atoms with Crippen molar-refractivity contribution < 1.29 is 9.53 Å². The summed E-state index contributed by atoms with van der Waals surface area (Å²) in [6, 6.07) is 7.59. The smallest absolute Gasteiger partial charge is 0.230 e.